The van der Waals surface area contributed by atoms with Gasteiger partial charge in [-0.1, -0.05) is 30.0 Å². The van der Waals surface area contributed by atoms with Gasteiger partial charge >= 0.3 is 0 Å². The van der Waals surface area contributed by atoms with Crippen LogP contribution in [0, 0.1) is 11.8 Å². The number of thioether (sulfide) groups is 1. The SMILES string of the molecule is CSC1CCC(NCC#Cc2ccccc2)C1. The average Bonchev–Trinajstić information content (AvgIpc) is 2.84. The van der Waals surface area contributed by atoms with Crippen LogP contribution in [0.4, 0.5) is 0 Å². The van der Waals surface area contributed by atoms with Crippen molar-refractivity contribution < 1.29 is 0 Å². The third kappa shape index (κ3) is 4.11. The molecule has 0 bridgehead atoms. The first-order chi connectivity index (χ1) is 8.38. The van der Waals surface area contributed by atoms with Gasteiger partial charge in [-0.05, 0) is 37.7 Å². The molecule has 17 heavy (non-hydrogen) atoms. The largest absolute Gasteiger partial charge is 0.303 e. The van der Waals surface area contributed by atoms with Crippen molar-refractivity contribution >= 4 is 11.8 Å². The van der Waals surface area contributed by atoms with Crippen LogP contribution >= 0.6 is 11.8 Å². The molecule has 0 aromatic heterocycles. The highest BCUT2D eigenvalue weighted by Crippen LogP contribution is 2.27. The molecule has 1 fully saturated rings. The van der Waals surface area contributed by atoms with E-state index in [1.807, 2.05) is 42.1 Å². The maximum Gasteiger partial charge on any atom is 0.0582 e. The van der Waals surface area contributed by atoms with E-state index in [-0.39, 0.29) is 0 Å². The molecule has 1 aromatic rings. The van der Waals surface area contributed by atoms with Gasteiger partial charge in [0.2, 0.25) is 0 Å². The molecule has 1 nitrogen and oxygen atoms in total. The van der Waals surface area contributed by atoms with E-state index in [0.717, 1.165) is 17.4 Å². The summed E-state index contributed by atoms with van der Waals surface area (Å²) in [5.74, 6) is 6.37. The van der Waals surface area contributed by atoms with Crippen molar-refractivity contribution in [1.29, 1.82) is 0 Å². The third-order valence-electron chi connectivity index (χ3n) is 3.20. The first-order valence-corrected chi connectivity index (χ1v) is 7.47. The minimum absolute atomic E-state index is 0.678. The predicted octanol–water partition coefficient (Wildman–Crippen LogP) is 2.91. The van der Waals surface area contributed by atoms with Gasteiger partial charge in [-0.3, -0.25) is 0 Å². The molecule has 1 aliphatic carbocycles. The lowest BCUT2D eigenvalue weighted by atomic mass is 10.2. The first-order valence-electron chi connectivity index (χ1n) is 6.18. The molecule has 0 aliphatic heterocycles. The lowest BCUT2D eigenvalue weighted by Gasteiger charge is -2.09. The van der Waals surface area contributed by atoms with Gasteiger partial charge in [-0.25, -0.2) is 0 Å². The van der Waals surface area contributed by atoms with E-state index in [1.165, 1.54) is 19.3 Å². The fourth-order valence-corrected chi connectivity index (χ4v) is 3.00. The molecule has 90 valence electrons. The van der Waals surface area contributed by atoms with E-state index in [1.54, 1.807) is 0 Å². The molecular formula is C15H19NS. The Labute approximate surface area is 108 Å². The molecular weight excluding hydrogens is 226 g/mol. The zero-order valence-electron chi connectivity index (χ0n) is 10.3. The Bertz CT molecular complexity index is 390. The standard InChI is InChI=1S/C15H19NS/c1-17-15-10-9-14(12-15)16-11-5-8-13-6-3-2-4-7-13/h2-4,6-7,14-16H,9-12H2,1H3. The molecule has 0 saturated heterocycles. The topological polar surface area (TPSA) is 12.0 Å². The lowest BCUT2D eigenvalue weighted by molar-refractivity contribution is 0.562. The minimum Gasteiger partial charge on any atom is -0.303 e. The summed E-state index contributed by atoms with van der Waals surface area (Å²) in [4.78, 5) is 0. The van der Waals surface area contributed by atoms with E-state index < -0.39 is 0 Å². The number of hydrogen-bond donors (Lipinski definition) is 1. The number of hydrogen-bond acceptors (Lipinski definition) is 2. The molecule has 0 spiro atoms. The molecule has 1 N–H and O–H groups in total. The van der Waals surface area contributed by atoms with Crippen LogP contribution in [0.1, 0.15) is 24.8 Å². The van der Waals surface area contributed by atoms with Gasteiger partial charge < -0.3 is 5.32 Å². The summed E-state index contributed by atoms with van der Waals surface area (Å²) >= 11 is 2.00. The Morgan fingerprint density at radius 3 is 2.82 bits per heavy atom. The molecule has 0 heterocycles. The van der Waals surface area contributed by atoms with E-state index >= 15 is 0 Å². The maximum absolute atomic E-state index is 3.53. The molecule has 1 saturated carbocycles. The molecule has 2 heteroatoms. The summed E-state index contributed by atoms with van der Waals surface area (Å²) in [6, 6.07) is 10.8. The van der Waals surface area contributed by atoms with Crippen molar-refractivity contribution in [2.24, 2.45) is 0 Å². The number of nitrogens with one attached hydrogen (secondary N) is 1. The second-order valence-corrected chi connectivity index (χ2v) is 5.55. The van der Waals surface area contributed by atoms with Gasteiger partial charge in [-0.15, -0.1) is 0 Å². The number of benzene rings is 1. The molecule has 2 atom stereocenters. The average molecular weight is 245 g/mol. The highest BCUT2D eigenvalue weighted by atomic mass is 32.2. The summed E-state index contributed by atoms with van der Waals surface area (Å²) in [5.41, 5.74) is 1.10. The summed E-state index contributed by atoms with van der Waals surface area (Å²) in [6.45, 7) is 0.806. The second-order valence-electron chi connectivity index (χ2n) is 4.42. The van der Waals surface area contributed by atoms with Crippen molar-refractivity contribution in [2.75, 3.05) is 12.8 Å². The van der Waals surface area contributed by atoms with Crippen LogP contribution in [0.5, 0.6) is 0 Å². The molecule has 2 rings (SSSR count). The minimum atomic E-state index is 0.678. The van der Waals surface area contributed by atoms with Crippen LogP contribution in [-0.4, -0.2) is 24.1 Å². The fraction of sp³-hybridized carbons (Fsp3) is 0.467. The van der Waals surface area contributed by atoms with Crippen molar-refractivity contribution in [3.05, 3.63) is 35.9 Å². The smallest absolute Gasteiger partial charge is 0.0582 e. The van der Waals surface area contributed by atoms with Crippen LogP contribution in [0.25, 0.3) is 0 Å². The Kier molecular flexibility index (Phi) is 4.97. The Morgan fingerprint density at radius 1 is 1.29 bits per heavy atom. The van der Waals surface area contributed by atoms with Crippen molar-refractivity contribution in [2.45, 2.75) is 30.6 Å². The van der Waals surface area contributed by atoms with Crippen LogP contribution in [0.3, 0.4) is 0 Å². The summed E-state index contributed by atoms with van der Waals surface area (Å²) in [6.07, 6.45) is 6.17. The molecule has 0 radical (unpaired) electrons. The summed E-state index contributed by atoms with van der Waals surface area (Å²) < 4.78 is 0. The Morgan fingerprint density at radius 2 is 2.12 bits per heavy atom. The zero-order valence-corrected chi connectivity index (χ0v) is 11.1. The van der Waals surface area contributed by atoms with E-state index in [0.29, 0.717) is 6.04 Å². The molecule has 2 unspecified atom stereocenters. The highest BCUT2D eigenvalue weighted by molar-refractivity contribution is 7.99. The maximum atomic E-state index is 3.53. The molecule has 1 aliphatic rings. The van der Waals surface area contributed by atoms with E-state index in [4.69, 9.17) is 0 Å². The van der Waals surface area contributed by atoms with E-state index in [2.05, 4.69) is 23.4 Å². The monoisotopic (exact) mass is 245 g/mol. The predicted molar refractivity (Wildman–Crippen MR) is 76.3 cm³/mol. The van der Waals surface area contributed by atoms with E-state index in [9.17, 15) is 0 Å². The second kappa shape index (κ2) is 6.74. The summed E-state index contributed by atoms with van der Waals surface area (Å²) in [5, 5.41) is 4.39. The van der Waals surface area contributed by atoms with Crippen molar-refractivity contribution in [1.82, 2.24) is 5.32 Å². The lowest BCUT2D eigenvalue weighted by Crippen LogP contribution is -2.26. The van der Waals surface area contributed by atoms with Gasteiger partial charge in [-0.2, -0.15) is 11.8 Å². The van der Waals surface area contributed by atoms with Crippen LogP contribution in [-0.2, 0) is 0 Å². The molecule has 1 aromatic carbocycles. The highest BCUT2D eigenvalue weighted by Gasteiger charge is 2.22. The van der Waals surface area contributed by atoms with Crippen LogP contribution in [0.2, 0.25) is 0 Å². The van der Waals surface area contributed by atoms with Crippen molar-refractivity contribution in [3.63, 3.8) is 0 Å². The normalized spacial score (nSPS) is 23.1. The fourth-order valence-electron chi connectivity index (χ4n) is 2.20. The van der Waals surface area contributed by atoms with Gasteiger partial charge in [0.05, 0.1) is 6.54 Å². The number of rotatable bonds is 3. The van der Waals surface area contributed by atoms with Crippen molar-refractivity contribution in [3.8, 4) is 11.8 Å². The zero-order chi connectivity index (χ0) is 11.9. The van der Waals surface area contributed by atoms with Gasteiger partial charge in [0, 0.05) is 16.9 Å². The van der Waals surface area contributed by atoms with Gasteiger partial charge in [0.1, 0.15) is 0 Å². The first kappa shape index (κ1) is 12.5. The van der Waals surface area contributed by atoms with Crippen LogP contribution < -0.4 is 5.32 Å². The third-order valence-corrected chi connectivity index (χ3v) is 4.30. The van der Waals surface area contributed by atoms with Gasteiger partial charge in [0.15, 0.2) is 0 Å². The molecule has 0 amide bonds. The quantitative estimate of drug-likeness (QED) is 0.822. The Hall–Kier alpha value is -0.910. The van der Waals surface area contributed by atoms with Gasteiger partial charge in [0.25, 0.3) is 0 Å². The summed E-state index contributed by atoms with van der Waals surface area (Å²) in [7, 11) is 0. The Balaban J connectivity index is 1.72. The van der Waals surface area contributed by atoms with Crippen LogP contribution in [0.15, 0.2) is 30.3 Å².